The summed E-state index contributed by atoms with van der Waals surface area (Å²) in [4.78, 5) is 6.77. The SMILES string of the molecule is CC(C)N1CC2CCCC(C1)C2NCc1ccncc1. The molecule has 0 spiro atoms. The Morgan fingerprint density at radius 2 is 1.85 bits per heavy atom. The highest BCUT2D eigenvalue weighted by Gasteiger charge is 2.39. The van der Waals surface area contributed by atoms with Gasteiger partial charge in [0.25, 0.3) is 0 Å². The first-order valence-electron chi connectivity index (χ1n) is 8.10. The Hall–Kier alpha value is -0.930. The zero-order chi connectivity index (χ0) is 13.9. The fraction of sp³-hybridized carbons (Fsp3) is 0.706. The van der Waals surface area contributed by atoms with Gasteiger partial charge in [-0.3, -0.25) is 4.98 Å². The van der Waals surface area contributed by atoms with Gasteiger partial charge in [-0.05, 0) is 56.2 Å². The van der Waals surface area contributed by atoms with Crippen LogP contribution in [-0.2, 0) is 6.54 Å². The lowest BCUT2D eigenvalue weighted by atomic mass is 9.73. The van der Waals surface area contributed by atoms with Crippen LogP contribution in [0.2, 0.25) is 0 Å². The van der Waals surface area contributed by atoms with E-state index in [0.717, 1.165) is 18.4 Å². The number of likely N-dealkylation sites (tertiary alicyclic amines) is 1. The Balaban J connectivity index is 1.62. The summed E-state index contributed by atoms with van der Waals surface area (Å²) in [5.41, 5.74) is 1.35. The molecule has 0 radical (unpaired) electrons. The Morgan fingerprint density at radius 1 is 1.20 bits per heavy atom. The van der Waals surface area contributed by atoms with Gasteiger partial charge in [0.05, 0.1) is 0 Å². The minimum atomic E-state index is 0.694. The van der Waals surface area contributed by atoms with E-state index >= 15 is 0 Å². The molecule has 1 aromatic heterocycles. The maximum atomic E-state index is 4.09. The Morgan fingerprint density at radius 3 is 2.45 bits per heavy atom. The molecule has 1 aliphatic carbocycles. The lowest BCUT2D eigenvalue weighted by molar-refractivity contribution is 0.0290. The predicted octanol–water partition coefficient (Wildman–Crippen LogP) is 2.68. The summed E-state index contributed by atoms with van der Waals surface area (Å²) in [6.45, 7) is 8.22. The van der Waals surface area contributed by atoms with Gasteiger partial charge in [-0.2, -0.15) is 0 Å². The first-order valence-corrected chi connectivity index (χ1v) is 8.10. The van der Waals surface area contributed by atoms with Gasteiger partial charge in [0, 0.05) is 44.1 Å². The van der Waals surface area contributed by atoms with Crippen molar-refractivity contribution in [1.29, 1.82) is 0 Å². The van der Waals surface area contributed by atoms with Crippen LogP contribution in [0.25, 0.3) is 0 Å². The van der Waals surface area contributed by atoms with Crippen molar-refractivity contribution in [3.8, 4) is 0 Å². The van der Waals surface area contributed by atoms with Gasteiger partial charge in [0.15, 0.2) is 0 Å². The van der Waals surface area contributed by atoms with Gasteiger partial charge in [-0.25, -0.2) is 0 Å². The molecule has 0 amide bonds. The zero-order valence-electron chi connectivity index (χ0n) is 12.8. The fourth-order valence-corrected chi connectivity index (χ4v) is 3.96. The van der Waals surface area contributed by atoms with Crippen molar-refractivity contribution in [2.75, 3.05) is 13.1 Å². The standard InChI is InChI=1S/C17H27N3/c1-13(2)20-11-15-4-3-5-16(12-20)17(15)19-10-14-6-8-18-9-7-14/h6-9,13,15-17,19H,3-5,10-12H2,1-2H3. The molecule has 3 nitrogen and oxygen atoms in total. The molecule has 1 saturated carbocycles. The molecule has 1 aromatic rings. The van der Waals surface area contributed by atoms with Crippen LogP contribution in [0.1, 0.15) is 38.7 Å². The Bertz CT molecular complexity index is 404. The highest BCUT2D eigenvalue weighted by Crippen LogP contribution is 2.35. The van der Waals surface area contributed by atoms with Crippen LogP contribution in [0.5, 0.6) is 0 Å². The third kappa shape index (κ3) is 3.04. The fourth-order valence-electron chi connectivity index (χ4n) is 3.96. The maximum absolute atomic E-state index is 4.09. The molecule has 1 aliphatic heterocycles. The normalized spacial score (nSPS) is 30.6. The minimum Gasteiger partial charge on any atom is -0.309 e. The molecule has 20 heavy (non-hydrogen) atoms. The molecule has 2 heterocycles. The molecule has 2 unspecified atom stereocenters. The quantitative estimate of drug-likeness (QED) is 0.914. The van der Waals surface area contributed by atoms with Crippen LogP contribution < -0.4 is 5.32 Å². The average molecular weight is 273 g/mol. The minimum absolute atomic E-state index is 0.694. The highest BCUT2D eigenvalue weighted by molar-refractivity contribution is 5.10. The van der Waals surface area contributed by atoms with Crippen LogP contribution in [0.3, 0.4) is 0 Å². The van der Waals surface area contributed by atoms with Crippen molar-refractivity contribution in [3.05, 3.63) is 30.1 Å². The number of hydrogen-bond acceptors (Lipinski definition) is 3. The molecule has 2 atom stereocenters. The second-order valence-corrected chi connectivity index (χ2v) is 6.76. The summed E-state index contributed by atoms with van der Waals surface area (Å²) < 4.78 is 0. The van der Waals surface area contributed by atoms with Gasteiger partial charge in [0.1, 0.15) is 0 Å². The van der Waals surface area contributed by atoms with Crippen molar-refractivity contribution < 1.29 is 0 Å². The van der Waals surface area contributed by atoms with E-state index in [2.05, 4.69) is 41.2 Å². The monoisotopic (exact) mass is 273 g/mol. The smallest absolute Gasteiger partial charge is 0.0271 e. The summed E-state index contributed by atoms with van der Waals surface area (Å²) in [5, 5.41) is 3.84. The lowest BCUT2D eigenvalue weighted by Crippen LogP contribution is -2.58. The molecule has 3 heteroatoms. The molecule has 110 valence electrons. The van der Waals surface area contributed by atoms with Gasteiger partial charge in [0.2, 0.25) is 0 Å². The zero-order valence-corrected chi connectivity index (χ0v) is 12.8. The van der Waals surface area contributed by atoms with Crippen molar-refractivity contribution >= 4 is 0 Å². The predicted molar refractivity (Wildman–Crippen MR) is 82.4 cm³/mol. The summed E-state index contributed by atoms with van der Waals surface area (Å²) in [6, 6.07) is 5.64. The van der Waals surface area contributed by atoms with E-state index in [0.29, 0.717) is 12.1 Å². The molecule has 2 fully saturated rings. The first-order chi connectivity index (χ1) is 9.74. The third-order valence-corrected chi connectivity index (χ3v) is 5.13. The molecular formula is C17H27N3. The van der Waals surface area contributed by atoms with E-state index in [9.17, 15) is 0 Å². The molecule has 0 aromatic carbocycles. The topological polar surface area (TPSA) is 28.2 Å². The number of piperidine rings is 1. The molecule has 2 bridgehead atoms. The van der Waals surface area contributed by atoms with E-state index in [1.807, 2.05) is 12.4 Å². The molecule has 1 saturated heterocycles. The largest absolute Gasteiger partial charge is 0.309 e. The van der Waals surface area contributed by atoms with Gasteiger partial charge in [-0.15, -0.1) is 0 Å². The Labute approximate surface area is 122 Å². The summed E-state index contributed by atoms with van der Waals surface area (Å²) in [5.74, 6) is 1.68. The van der Waals surface area contributed by atoms with E-state index in [-0.39, 0.29) is 0 Å². The lowest BCUT2D eigenvalue weighted by Gasteiger charge is -2.49. The van der Waals surface area contributed by atoms with Crippen molar-refractivity contribution in [3.63, 3.8) is 0 Å². The van der Waals surface area contributed by atoms with Crippen molar-refractivity contribution in [1.82, 2.24) is 15.2 Å². The number of pyridine rings is 1. The second kappa shape index (κ2) is 6.23. The molecule has 2 aliphatic rings. The van der Waals surface area contributed by atoms with E-state index in [1.54, 1.807) is 0 Å². The van der Waals surface area contributed by atoms with Crippen LogP contribution in [0.4, 0.5) is 0 Å². The van der Waals surface area contributed by atoms with E-state index in [4.69, 9.17) is 0 Å². The van der Waals surface area contributed by atoms with Crippen LogP contribution in [0, 0.1) is 11.8 Å². The average Bonchev–Trinajstić information content (AvgIpc) is 2.45. The number of nitrogens with zero attached hydrogens (tertiary/aromatic N) is 2. The van der Waals surface area contributed by atoms with Gasteiger partial charge in [-0.1, -0.05) is 6.42 Å². The summed E-state index contributed by atoms with van der Waals surface area (Å²) in [6.07, 6.45) is 7.99. The second-order valence-electron chi connectivity index (χ2n) is 6.76. The van der Waals surface area contributed by atoms with Gasteiger partial charge >= 0.3 is 0 Å². The third-order valence-electron chi connectivity index (χ3n) is 5.13. The Kier molecular flexibility index (Phi) is 4.37. The van der Waals surface area contributed by atoms with E-state index < -0.39 is 0 Å². The van der Waals surface area contributed by atoms with E-state index in [1.165, 1.54) is 37.9 Å². The first kappa shape index (κ1) is 14.0. The van der Waals surface area contributed by atoms with Crippen molar-refractivity contribution in [2.24, 2.45) is 11.8 Å². The van der Waals surface area contributed by atoms with Crippen LogP contribution in [-0.4, -0.2) is 35.1 Å². The number of aromatic nitrogens is 1. The summed E-state index contributed by atoms with van der Waals surface area (Å²) in [7, 11) is 0. The number of hydrogen-bond donors (Lipinski definition) is 1. The highest BCUT2D eigenvalue weighted by atomic mass is 15.2. The van der Waals surface area contributed by atoms with Crippen LogP contribution >= 0.6 is 0 Å². The molecular weight excluding hydrogens is 246 g/mol. The maximum Gasteiger partial charge on any atom is 0.0271 e. The molecule has 1 N–H and O–H groups in total. The number of nitrogens with one attached hydrogen (secondary N) is 1. The summed E-state index contributed by atoms with van der Waals surface area (Å²) >= 11 is 0. The number of rotatable bonds is 4. The van der Waals surface area contributed by atoms with Crippen molar-refractivity contribution in [2.45, 2.75) is 51.7 Å². The van der Waals surface area contributed by atoms with Gasteiger partial charge < -0.3 is 10.2 Å². The number of fused-ring (bicyclic) bond motifs is 2. The molecule has 3 rings (SSSR count). The van der Waals surface area contributed by atoms with Crippen LogP contribution in [0.15, 0.2) is 24.5 Å².